The molecule has 4 rings (SSSR count). The summed E-state index contributed by atoms with van der Waals surface area (Å²) in [5, 5.41) is 13.1. The molecule has 3 fully saturated rings. The first-order chi connectivity index (χ1) is 11.2. The number of rotatable bonds is 4. The average molecular weight is 318 g/mol. The minimum atomic E-state index is -0.341. The molecule has 0 aromatic carbocycles. The number of hydrogen-bond acceptors (Lipinski definition) is 5. The van der Waals surface area contributed by atoms with Gasteiger partial charge in [-0.25, -0.2) is 0 Å². The van der Waals surface area contributed by atoms with Crippen LogP contribution in [0.4, 0.5) is 0 Å². The van der Waals surface area contributed by atoms with Crippen molar-refractivity contribution in [3.8, 4) is 0 Å². The first-order valence-electron chi connectivity index (χ1n) is 8.42. The minimum absolute atomic E-state index is 0.103. The van der Waals surface area contributed by atoms with Crippen molar-refractivity contribution < 1.29 is 14.3 Å². The molecule has 23 heavy (non-hydrogen) atoms. The van der Waals surface area contributed by atoms with Crippen molar-refractivity contribution >= 4 is 11.9 Å². The first-order valence-corrected chi connectivity index (χ1v) is 8.42. The largest absolute Gasteiger partial charge is 0.460 e. The quantitative estimate of drug-likeness (QED) is 0.710. The van der Waals surface area contributed by atoms with E-state index in [2.05, 4.69) is 20.8 Å². The van der Waals surface area contributed by atoms with Crippen LogP contribution in [0.15, 0.2) is 6.07 Å². The van der Waals surface area contributed by atoms with Gasteiger partial charge in [-0.2, -0.15) is 5.10 Å². The van der Waals surface area contributed by atoms with E-state index in [0.717, 1.165) is 44.5 Å². The maximum absolute atomic E-state index is 12.2. The lowest BCUT2D eigenvalue weighted by Gasteiger charge is -2.29. The summed E-state index contributed by atoms with van der Waals surface area (Å²) in [7, 11) is 0. The summed E-state index contributed by atoms with van der Waals surface area (Å²) in [4.78, 5) is 24.3. The van der Waals surface area contributed by atoms with Crippen LogP contribution in [0.25, 0.3) is 0 Å². The average Bonchev–Trinajstić information content (AvgIpc) is 3.22. The molecule has 1 unspecified atom stereocenters. The second-order valence-electron chi connectivity index (χ2n) is 6.95. The molecular weight excluding hydrogens is 296 g/mol. The van der Waals surface area contributed by atoms with Gasteiger partial charge in [0, 0.05) is 18.0 Å². The van der Waals surface area contributed by atoms with Crippen molar-refractivity contribution in [3.05, 3.63) is 17.5 Å². The van der Waals surface area contributed by atoms with E-state index < -0.39 is 0 Å². The molecule has 2 aliphatic heterocycles. The number of carbonyl (C=O) groups excluding carboxylic acids is 2. The SMILES string of the molecule is O=C(NCC1CC2(CCNCC2)C(=O)O1)c1cc(C2CC2)[nH]n1. The zero-order valence-electron chi connectivity index (χ0n) is 13.1. The van der Waals surface area contributed by atoms with E-state index in [1.165, 1.54) is 0 Å². The number of nitrogens with zero attached hydrogens (tertiary/aromatic N) is 1. The van der Waals surface area contributed by atoms with Crippen molar-refractivity contribution in [2.45, 2.75) is 44.1 Å². The number of aromatic amines is 1. The zero-order chi connectivity index (χ0) is 15.9. The van der Waals surface area contributed by atoms with Crippen LogP contribution in [0, 0.1) is 5.41 Å². The van der Waals surface area contributed by atoms with Crippen molar-refractivity contribution in [2.24, 2.45) is 5.41 Å². The van der Waals surface area contributed by atoms with Gasteiger partial charge < -0.3 is 15.4 Å². The van der Waals surface area contributed by atoms with E-state index in [-0.39, 0.29) is 23.4 Å². The lowest BCUT2D eigenvalue weighted by Crippen LogP contribution is -2.39. The molecule has 1 aromatic heterocycles. The monoisotopic (exact) mass is 318 g/mol. The van der Waals surface area contributed by atoms with Crippen LogP contribution < -0.4 is 10.6 Å². The van der Waals surface area contributed by atoms with Crippen molar-refractivity contribution in [1.29, 1.82) is 0 Å². The standard InChI is InChI=1S/C16H22N4O3/c21-14(13-7-12(19-20-13)10-1-2-10)18-9-11-8-16(15(22)23-11)3-5-17-6-4-16/h7,10-11,17H,1-6,8-9H2,(H,18,21)(H,19,20). The number of carbonyl (C=O) groups is 2. The molecule has 2 saturated heterocycles. The molecule has 1 amide bonds. The van der Waals surface area contributed by atoms with E-state index in [1.807, 2.05) is 6.07 Å². The zero-order valence-corrected chi connectivity index (χ0v) is 13.1. The van der Waals surface area contributed by atoms with Crippen LogP contribution in [-0.2, 0) is 9.53 Å². The molecule has 1 spiro atoms. The number of H-pyrrole nitrogens is 1. The summed E-state index contributed by atoms with van der Waals surface area (Å²) >= 11 is 0. The third-order valence-electron chi connectivity index (χ3n) is 5.22. The molecule has 3 N–H and O–H groups in total. The van der Waals surface area contributed by atoms with Gasteiger partial charge >= 0.3 is 5.97 Å². The maximum Gasteiger partial charge on any atom is 0.312 e. The van der Waals surface area contributed by atoms with Gasteiger partial charge in [0.2, 0.25) is 0 Å². The van der Waals surface area contributed by atoms with Crippen LogP contribution in [0.1, 0.15) is 54.2 Å². The third-order valence-corrected chi connectivity index (χ3v) is 5.22. The van der Waals surface area contributed by atoms with Crippen molar-refractivity contribution in [1.82, 2.24) is 20.8 Å². The Bertz CT molecular complexity index is 617. The van der Waals surface area contributed by atoms with Gasteiger partial charge in [0.25, 0.3) is 5.91 Å². The first kappa shape index (κ1) is 14.7. The Morgan fingerprint density at radius 1 is 1.39 bits per heavy atom. The third kappa shape index (κ3) is 2.85. The van der Waals surface area contributed by atoms with Crippen LogP contribution in [0.2, 0.25) is 0 Å². The van der Waals surface area contributed by atoms with Gasteiger partial charge in [0.1, 0.15) is 11.8 Å². The minimum Gasteiger partial charge on any atom is -0.460 e. The number of nitrogens with one attached hydrogen (secondary N) is 3. The molecule has 7 nitrogen and oxygen atoms in total. The Morgan fingerprint density at radius 3 is 2.91 bits per heavy atom. The second kappa shape index (κ2) is 5.63. The fourth-order valence-electron chi connectivity index (χ4n) is 3.62. The fourth-order valence-corrected chi connectivity index (χ4v) is 3.62. The summed E-state index contributed by atoms with van der Waals surface area (Å²) < 4.78 is 5.48. The number of aromatic nitrogens is 2. The number of amides is 1. The van der Waals surface area contributed by atoms with Crippen LogP contribution in [0.5, 0.6) is 0 Å². The van der Waals surface area contributed by atoms with Crippen LogP contribution in [0.3, 0.4) is 0 Å². The predicted octanol–water partition coefficient (Wildman–Crippen LogP) is 0.702. The lowest BCUT2D eigenvalue weighted by molar-refractivity contribution is -0.149. The van der Waals surface area contributed by atoms with E-state index >= 15 is 0 Å². The number of esters is 1. The number of ether oxygens (including phenoxy) is 1. The summed E-state index contributed by atoms with van der Waals surface area (Å²) in [5.41, 5.74) is 1.11. The van der Waals surface area contributed by atoms with Gasteiger partial charge in [-0.05, 0) is 44.8 Å². The Labute approximate surface area is 134 Å². The van der Waals surface area contributed by atoms with E-state index in [4.69, 9.17) is 4.74 Å². The van der Waals surface area contributed by atoms with E-state index in [9.17, 15) is 9.59 Å². The Kier molecular flexibility index (Phi) is 3.60. The summed E-state index contributed by atoms with van der Waals surface area (Å²) in [5.74, 6) is 0.226. The number of cyclic esters (lactones) is 1. The Morgan fingerprint density at radius 2 is 2.17 bits per heavy atom. The van der Waals surface area contributed by atoms with E-state index in [0.29, 0.717) is 24.6 Å². The molecule has 1 aliphatic carbocycles. The topological polar surface area (TPSA) is 96.1 Å². The molecule has 0 bridgehead atoms. The van der Waals surface area contributed by atoms with Gasteiger partial charge in [-0.3, -0.25) is 14.7 Å². The number of hydrogen-bond donors (Lipinski definition) is 3. The highest BCUT2D eigenvalue weighted by molar-refractivity contribution is 5.92. The highest BCUT2D eigenvalue weighted by Crippen LogP contribution is 2.41. The maximum atomic E-state index is 12.2. The van der Waals surface area contributed by atoms with Crippen molar-refractivity contribution in [2.75, 3.05) is 19.6 Å². The summed E-state index contributed by atoms with van der Waals surface area (Å²) in [6, 6.07) is 1.82. The van der Waals surface area contributed by atoms with Crippen molar-refractivity contribution in [3.63, 3.8) is 0 Å². The number of piperidine rings is 1. The predicted molar refractivity (Wildman–Crippen MR) is 81.9 cm³/mol. The Balaban J connectivity index is 1.32. The fraction of sp³-hybridized carbons (Fsp3) is 0.688. The molecule has 124 valence electrons. The molecule has 1 saturated carbocycles. The Hall–Kier alpha value is -1.89. The molecule has 0 radical (unpaired) electrons. The highest BCUT2D eigenvalue weighted by Gasteiger charge is 2.49. The molecule has 7 heteroatoms. The van der Waals surface area contributed by atoms with Gasteiger partial charge in [0.15, 0.2) is 0 Å². The molecular formula is C16H22N4O3. The molecule has 3 heterocycles. The lowest BCUT2D eigenvalue weighted by atomic mass is 9.76. The highest BCUT2D eigenvalue weighted by atomic mass is 16.6. The van der Waals surface area contributed by atoms with Crippen LogP contribution in [-0.4, -0.2) is 47.8 Å². The molecule has 3 aliphatic rings. The summed E-state index contributed by atoms with van der Waals surface area (Å²) in [6.45, 7) is 2.06. The normalized spacial score (nSPS) is 26.3. The molecule has 1 atom stereocenters. The van der Waals surface area contributed by atoms with Crippen LogP contribution >= 0.6 is 0 Å². The van der Waals surface area contributed by atoms with E-state index in [1.54, 1.807) is 0 Å². The van der Waals surface area contributed by atoms with Gasteiger partial charge in [-0.1, -0.05) is 0 Å². The summed E-state index contributed by atoms with van der Waals surface area (Å²) in [6.07, 6.45) is 4.44. The molecule has 1 aromatic rings. The van der Waals surface area contributed by atoms with Gasteiger partial charge in [-0.15, -0.1) is 0 Å². The second-order valence-corrected chi connectivity index (χ2v) is 6.95. The van der Waals surface area contributed by atoms with Gasteiger partial charge in [0.05, 0.1) is 12.0 Å². The smallest absolute Gasteiger partial charge is 0.312 e.